The lowest BCUT2D eigenvalue weighted by atomic mass is 10.2. The first-order valence-corrected chi connectivity index (χ1v) is 8.85. The Morgan fingerprint density at radius 2 is 1.85 bits per heavy atom. The van der Waals surface area contributed by atoms with Gasteiger partial charge in [0.05, 0.1) is 5.56 Å². The van der Waals surface area contributed by atoms with Gasteiger partial charge in [-0.15, -0.1) is 0 Å². The molecule has 1 aromatic carbocycles. The van der Waals surface area contributed by atoms with E-state index < -0.39 is 11.5 Å². The van der Waals surface area contributed by atoms with Crippen molar-refractivity contribution >= 4 is 17.5 Å². The average molecular weight is 371 g/mol. The van der Waals surface area contributed by atoms with Crippen LogP contribution in [0.15, 0.2) is 41.3 Å². The second kappa shape index (κ2) is 9.02. The molecule has 2 rings (SSSR count). The van der Waals surface area contributed by atoms with E-state index in [0.29, 0.717) is 24.4 Å². The van der Waals surface area contributed by atoms with E-state index in [1.54, 1.807) is 18.0 Å². The quantitative estimate of drug-likeness (QED) is 0.809. The molecule has 0 fully saturated rings. The van der Waals surface area contributed by atoms with Gasteiger partial charge in [0.2, 0.25) is 0 Å². The van der Waals surface area contributed by atoms with Gasteiger partial charge in [-0.1, -0.05) is 18.2 Å². The summed E-state index contributed by atoms with van der Waals surface area (Å²) in [6.07, 6.45) is 1.47. The lowest BCUT2D eigenvalue weighted by Gasteiger charge is -2.19. The number of carbonyl (C=O) groups is 2. The number of amides is 2. The monoisotopic (exact) mass is 371 g/mol. The molecule has 0 bridgehead atoms. The Morgan fingerprint density at radius 1 is 1.19 bits per heavy atom. The number of nitrogens with one attached hydrogen (secondary N) is 1. The fraction of sp³-hybridized carbons (Fsp3) is 0.350. The highest BCUT2D eigenvalue weighted by Gasteiger charge is 2.17. The number of hydrogen-bond acceptors (Lipinski definition) is 4. The van der Waals surface area contributed by atoms with E-state index in [1.165, 1.54) is 16.8 Å². The first-order valence-electron chi connectivity index (χ1n) is 8.85. The van der Waals surface area contributed by atoms with Crippen LogP contribution in [0.5, 0.6) is 5.75 Å². The van der Waals surface area contributed by atoms with E-state index in [-0.39, 0.29) is 18.2 Å². The van der Waals surface area contributed by atoms with Gasteiger partial charge in [-0.25, -0.2) is 0 Å². The van der Waals surface area contributed by atoms with E-state index in [9.17, 15) is 14.4 Å². The summed E-state index contributed by atoms with van der Waals surface area (Å²) in [5, 5.41) is 2.54. The minimum atomic E-state index is -0.470. The third kappa shape index (κ3) is 4.97. The van der Waals surface area contributed by atoms with Crippen LogP contribution in [-0.4, -0.2) is 41.0 Å². The first-order chi connectivity index (χ1) is 12.9. The number of aromatic nitrogens is 1. The molecule has 7 heteroatoms. The van der Waals surface area contributed by atoms with Gasteiger partial charge in [-0.05, 0) is 38.5 Å². The number of rotatable bonds is 7. The molecule has 0 aliphatic rings. The predicted molar refractivity (Wildman–Crippen MR) is 104 cm³/mol. The van der Waals surface area contributed by atoms with Crippen molar-refractivity contribution in [3.63, 3.8) is 0 Å². The minimum absolute atomic E-state index is 0.0499. The van der Waals surface area contributed by atoms with Crippen LogP contribution in [0, 0.1) is 6.92 Å². The average Bonchev–Trinajstić information content (AvgIpc) is 2.65. The molecule has 0 unspecified atom stereocenters. The maximum atomic E-state index is 12.5. The normalized spacial score (nSPS) is 10.4. The number of aryl methyl sites for hydroxylation is 2. The number of para-hydroxylation sites is 1. The highest BCUT2D eigenvalue weighted by Crippen LogP contribution is 2.16. The molecule has 0 radical (unpaired) electrons. The fourth-order valence-corrected chi connectivity index (χ4v) is 2.66. The Morgan fingerprint density at radius 3 is 2.48 bits per heavy atom. The Hall–Kier alpha value is -3.09. The zero-order valence-corrected chi connectivity index (χ0v) is 16.1. The molecular weight excluding hydrogens is 346 g/mol. The van der Waals surface area contributed by atoms with Crippen molar-refractivity contribution in [1.29, 1.82) is 0 Å². The number of ether oxygens (including phenoxy) is 1. The first kappa shape index (κ1) is 20.2. The van der Waals surface area contributed by atoms with Crippen LogP contribution in [0.2, 0.25) is 0 Å². The van der Waals surface area contributed by atoms with Gasteiger partial charge >= 0.3 is 0 Å². The predicted octanol–water partition coefficient (Wildman–Crippen LogP) is 2.19. The molecule has 2 aromatic rings. The van der Waals surface area contributed by atoms with Crippen molar-refractivity contribution in [3.8, 4) is 5.75 Å². The topological polar surface area (TPSA) is 80.6 Å². The van der Waals surface area contributed by atoms with E-state index in [2.05, 4.69) is 5.32 Å². The zero-order chi connectivity index (χ0) is 20.0. The van der Waals surface area contributed by atoms with Crippen LogP contribution >= 0.6 is 0 Å². The third-order valence-corrected chi connectivity index (χ3v) is 4.21. The molecule has 0 saturated carbocycles. The molecule has 27 heavy (non-hydrogen) atoms. The molecule has 7 nitrogen and oxygen atoms in total. The van der Waals surface area contributed by atoms with E-state index >= 15 is 0 Å². The molecular formula is C20H25N3O4. The summed E-state index contributed by atoms with van der Waals surface area (Å²) in [6, 6.07) is 8.76. The summed E-state index contributed by atoms with van der Waals surface area (Å²) in [7, 11) is 1.54. The minimum Gasteiger partial charge on any atom is -0.483 e. The Labute approximate surface area is 158 Å². The summed E-state index contributed by atoms with van der Waals surface area (Å²) >= 11 is 0. The van der Waals surface area contributed by atoms with Gasteiger partial charge in [-0.3, -0.25) is 14.4 Å². The van der Waals surface area contributed by atoms with Gasteiger partial charge in [-0.2, -0.15) is 0 Å². The third-order valence-electron chi connectivity index (χ3n) is 4.21. The largest absolute Gasteiger partial charge is 0.483 e. The smallest absolute Gasteiger partial charge is 0.274 e. The van der Waals surface area contributed by atoms with Crippen LogP contribution < -0.4 is 15.6 Å². The lowest BCUT2D eigenvalue weighted by Crippen LogP contribution is -2.33. The SMILES string of the molecule is CCN(CC)C(=O)c1cc(NC(=O)COc2ccccc2C)c(=O)n(C)c1. The molecule has 1 N–H and O–H groups in total. The number of pyridine rings is 1. The summed E-state index contributed by atoms with van der Waals surface area (Å²) in [5.41, 5.74) is 0.910. The van der Waals surface area contributed by atoms with Gasteiger partial charge in [0.1, 0.15) is 11.4 Å². The van der Waals surface area contributed by atoms with E-state index in [0.717, 1.165) is 5.56 Å². The van der Waals surface area contributed by atoms with E-state index in [1.807, 2.05) is 39.0 Å². The summed E-state index contributed by atoms with van der Waals surface area (Å²) in [5.74, 6) is -0.0592. The number of hydrogen-bond donors (Lipinski definition) is 1. The van der Waals surface area contributed by atoms with Crippen molar-refractivity contribution in [2.75, 3.05) is 25.0 Å². The van der Waals surface area contributed by atoms with Crippen molar-refractivity contribution in [2.24, 2.45) is 7.05 Å². The standard InChI is InChI=1S/C20H25N3O4/c1-5-23(6-2)19(25)15-11-16(20(26)22(4)12-15)21-18(24)13-27-17-10-8-7-9-14(17)3/h7-12H,5-6,13H2,1-4H3,(H,21,24). The summed E-state index contributed by atoms with van der Waals surface area (Å²) in [4.78, 5) is 38.7. The second-order valence-electron chi connectivity index (χ2n) is 6.14. The number of carbonyl (C=O) groups excluding carboxylic acids is 2. The maximum Gasteiger partial charge on any atom is 0.274 e. The van der Waals surface area contributed by atoms with Gasteiger partial charge in [0.15, 0.2) is 6.61 Å². The number of nitrogens with zero attached hydrogens (tertiary/aromatic N) is 2. The molecule has 144 valence electrons. The zero-order valence-electron chi connectivity index (χ0n) is 16.1. The molecule has 2 amide bonds. The van der Waals surface area contributed by atoms with Gasteiger partial charge in [0.25, 0.3) is 17.4 Å². The van der Waals surface area contributed by atoms with E-state index in [4.69, 9.17) is 4.74 Å². The van der Waals surface area contributed by atoms with Crippen molar-refractivity contribution in [1.82, 2.24) is 9.47 Å². The van der Waals surface area contributed by atoms with Crippen LogP contribution in [0.1, 0.15) is 29.8 Å². The molecule has 0 atom stereocenters. The molecule has 1 aromatic heterocycles. The molecule has 0 aliphatic carbocycles. The summed E-state index contributed by atoms with van der Waals surface area (Å²) in [6.45, 7) is 6.53. The van der Waals surface area contributed by atoms with Crippen molar-refractivity contribution in [2.45, 2.75) is 20.8 Å². The highest BCUT2D eigenvalue weighted by molar-refractivity contribution is 5.97. The van der Waals surface area contributed by atoms with Crippen molar-refractivity contribution < 1.29 is 14.3 Å². The maximum absolute atomic E-state index is 12.5. The van der Waals surface area contributed by atoms with Gasteiger partial charge in [0, 0.05) is 26.3 Å². The molecule has 0 spiro atoms. The summed E-state index contributed by atoms with van der Waals surface area (Å²) < 4.78 is 6.78. The molecule has 0 aliphatic heterocycles. The van der Waals surface area contributed by atoms with Crippen molar-refractivity contribution in [3.05, 3.63) is 58.0 Å². The number of anilines is 1. The fourth-order valence-electron chi connectivity index (χ4n) is 2.66. The van der Waals surface area contributed by atoms with Crippen LogP contribution in [0.25, 0.3) is 0 Å². The number of benzene rings is 1. The Balaban J connectivity index is 2.15. The van der Waals surface area contributed by atoms with Gasteiger partial charge < -0.3 is 19.5 Å². The van der Waals surface area contributed by atoms with Crippen LogP contribution in [0.3, 0.4) is 0 Å². The highest BCUT2D eigenvalue weighted by atomic mass is 16.5. The Kier molecular flexibility index (Phi) is 6.76. The molecule has 0 saturated heterocycles. The lowest BCUT2D eigenvalue weighted by molar-refractivity contribution is -0.118. The van der Waals surface area contributed by atoms with Crippen LogP contribution in [0.4, 0.5) is 5.69 Å². The van der Waals surface area contributed by atoms with Crippen LogP contribution in [-0.2, 0) is 11.8 Å². The Bertz CT molecular complexity index is 885. The molecule has 1 heterocycles. The second-order valence-corrected chi connectivity index (χ2v) is 6.14.